The summed E-state index contributed by atoms with van der Waals surface area (Å²) in [6.07, 6.45) is 2.20. The Balaban J connectivity index is 4.42. The third-order valence-electron chi connectivity index (χ3n) is 2.14. The molecule has 0 N–H and O–H groups in total. The summed E-state index contributed by atoms with van der Waals surface area (Å²) in [6.45, 7) is 3.51. The zero-order valence-corrected chi connectivity index (χ0v) is 9.22. The van der Waals surface area contributed by atoms with Crippen molar-refractivity contribution in [1.29, 1.82) is 10.5 Å². The van der Waals surface area contributed by atoms with E-state index in [1.165, 1.54) is 0 Å². The Morgan fingerprint density at radius 2 is 1.27 bits per heavy atom. The number of nitrogens with zero attached hydrogens (tertiary/aromatic N) is 2. The fourth-order valence-corrected chi connectivity index (χ4v) is 1.18. The maximum absolute atomic E-state index is 9.01. The lowest BCUT2D eigenvalue weighted by molar-refractivity contribution is 0.453. The van der Waals surface area contributed by atoms with Crippen LogP contribution in [-0.4, -0.2) is 0 Å². The van der Waals surface area contributed by atoms with Crippen LogP contribution in [0.5, 0.6) is 0 Å². The van der Waals surface area contributed by atoms with Gasteiger partial charge in [0.05, 0.1) is 12.1 Å². The van der Waals surface area contributed by atoms with Crippen LogP contribution in [0.2, 0.25) is 0 Å². The lowest BCUT2D eigenvalue weighted by Crippen LogP contribution is -2.15. The van der Waals surface area contributed by atoms with E-state index in [1.807, 2.05) is 0 Å². The fraction of sp³-hybridized carbons (Fsp3) is 0.538. The summed E-state index contributed by atoms with van der Waals surface area (Å²) in [5, 5.41) is 18.0. The predicted octanol–water partition coefficient (Wildman–Crippen LogP) is 2.63. The summed E-state index contributed by atoms with van der Waals surface area (Å²) >= 11 is 0. The molecule has 0 radical (unpaired) electrons. The van der Waals surface area contributed by atoms with Crippen molar-refractivity contribution >= 4 is 0 Å². The maximum Gasteiger partial charge on any atom is 0.145 e. The van der Waals surface area contributed by atoms with E-state index in [9.17, 15) is 0 Å². The molecule has 0 spiro atoms. The van der Waals surface area contributed by atoms with Crippen molar-refractivity contribution in [1.82, 2.24) is 0 Å². The first kappa shape index (κ1) is 13.1. The van der Waals surface area contributed by atoms with Crippen LogP contribution >= 0.6 is 0 Å². The zero-order chi connectivity index (χ0) is 11.6. The molecule has 2 heteroatoms. The van der Waals surface area contributed by atoms with E-state index < -0.39 is 5.41 Å². The molecule has 76 valence electrons. The van der Waals surface area contributed by atoms with Gasteiger partial charge in [-0.15, -0.1) is 23.7 Å². The van der Waals surface area contributed by atoms with E-state index in [2.05, 4.69) is 35.8 Å². The van der Waals surface area contributed by atoms with Gasteiger partial charge in [0.2, 0.25) is 0 Å². The topological polar surface area (TPSA) is 47.6 Å². The molecule has 0 saturated heterocycles. The van der Waals surface area contributed by atoms with Gasteiger partial charge in [-0.05, 0) is 26.7 Å². The number of hydrogen-bond acceptors (Lipinski definition) is 2. The molecule has 0 unspecified atom stereocenters. The van der Waals surface area contributed by atoms with Crippen LogP contribution in [-0.2, 0) is 0 Å². The van der Waals surface area contributed by atoms with Gasteiger partial charge in [0.15, 0.2) is 0 Å². The average molecular weight is 198 g/mol. The van der Waals surface area contributed by atoms with Gasteiger partial charge in [-0.25, -0.2) is 0 Å². The zero-order valence-electron chi connectivity index (χ0n) is 9.22. The highest BCUT2D eigenvalue weighted by molar-refractivity contribution is 5.16. The predicted molar refractivity (Wildman–Crippen MR) is 59.0 cm³/mol. The molecule has 0 rings (SSSR count). The van der Waals surface area contributed by atoms with E-state index in [0.29, 0.717) is 25.7 Å². The Kier molecular flexibility index (Phi) is 6.55. The minimum atomic E-state index is -0.909. The van der Waals surface area contributed by atoms with Crippen molar-refractivity contribution in [2.45, 2.75) is 39.5 Å². The molecular weight excluding hydrogens is 184 g/mol. The Hall–Kier alpha value is -1.90. The number of nitriles is 2. The highest BCUT2D eigenvalue weighted by Crippen LogP contribution is 2.27. The molecule has 0 aromatic heterocycles. The van der Waals surface area contributed by atoms with Gasteiger partial charge in [-0.1, -0.05) is 0 Å². The smallest absolute Gasteiger partial charge is 0.145 e. The van der Waals surface area contributed by atoms with Crippen LogP contribution in [0, 0.1) is 51.8 Å². The molecule has 0 fully saturated rings. The maximum atomic E-state index is 9.01. The molecule has 0 aliphatic heterocycles. The normalized spacial score (nSPS) is 8.53. The van der Waals surface area contributed by atoms with Gasteiger partial charge in [-0.2, -0.15) is 10.5 Å². The molecular formula is C13H14N2. The first-order valence-corrected chi connectivity index (χ1v) is 4.86. The Bertz CT molecular complexity index is 345. The summed E-state index contributed by atoms with van der Waals surface area (Å²) in [6, 6.07) is 4.17. The molecule has 0 aromatic carbocycles. The second kappa shape index (κ2) is 7.50. The minimum absolute atomic E-state index is 0.506. The SMILES string of the molecule is CC#CCCC(C#N)(C#N)CCC#CC. The van der Waals surface area contributed by atoms with Crippen LogP contribution in [0.15, 0.2) is 0 Å². The largest absolute Gasteiger partial charge is 0.197 e. The summed E-state index contributed by atoms with van der Waals surface area (Å²) in [7, 11) is 0. The van der Waals surface area contributed by atoms with Crippen molar-refractivity contribution in [3.8, 4) is 35.8 Å². The third-order valence-corrected chi connectivity index (χ3v) is 2.14. The first-order valence-electron chi connectivity index (χ1n) is 4.86. The summed E-state index contributed by atoms with van der Waals surface area (Å²) in [5.41, 5.74) is -0.909. The lowest BCUT2D eigenvalue weighted by atomic mass is 9.82. The van der Waals surface area contributed by atoms with Crippen molar-refractivity contribution in [2.24, 2.45) is 5.41 Å². The van der Waals surface area contributed by atoms with Crippen LogP contribution in [0.1, 0.15) is 39.5 Å². The summed E-state index contributed by atoms with van der Waals surface area (Å²) in [5.74, 6) is 11.3. The molecule has 0 aromatic rings. The highest BCUT2D eigenvalue weighted by atomic mass is 14.4. The standard InChI is InChI=1S/C13H14N2/c1-3-5-7-9-13(11-14,12-15)10-8-6-4-2/h7-10H2,1-2H3. The monoisotopic (exact) mass is 198 g/mol. The highest BCUT2D eigenvalue weighted by Gasteiger charge is 2.28. The van der Waals surface area contributed by atoms with Gasteiger partial charge >= 0.3 is 0 Å². The van der Waals surface area contributed by atoms with Crippen molar-refractivity contribution in [2.75, 3.05) is 0 Å². The Morgan fingerprint density at radius 1 is 0.867 bits per heavy atom. The second-order valence-electron chi connectivity index (χ2n) is 3.16. The molecule has 0 aliphatic rings. The van der Waals surface area contributed by atoms with Gasteiger partial charge in [-0.3, -0.25) is 0 Å². The second-order valence-corrected chi connectivity index (χ2v) is 3.16. The molecule has 0 saturated carbocycles. The summed E-state index contributed by atoms with van der Waals surface area (Å²) in [4.78, 5) is 0. The molecule has 15 heavy (non-hydrogen) atoms. The van der Waals surface area contributed by atoms with E-state index in [-0.39, 0.29) is 0 Å². The molecule has 0 heterocycles. The van der Waals surface area contributed by atoms with Gasteiger partial charge in [0.1, 0.15) is 5.41 Å². The first-order chi connectivity index (χ1) is 7.24. The van der Waals surface area contributed by atoms with Gasteiger partial charge in [0.25, 0.3) is 0 Å². The minimum Gasteiger partial charge on any atom is -0.197 e. The van der Waals surface area contributed by atoms with Gasteiger partial charge < -0.3 is 0 Å². The van der Waals surface area contributed by atoms with Crippen LogP contribution in [0.3, 0.4) is 0 Å². The fourth-order valence-electron chi connectivity index (χ4n) is 1.18. The molecule has 0 atom stereocenters. The van der Waals surface area contributed by atoms with Crippen LogP contribution in [0.4, 0.5) is 0 Å². The molecule has 0 amide bonds. The number of hydrogen-bond donors (Lipinski definition) is 0. The van der Waals surface area contributed by atoms with E-state index in [0.717, 1.165) is 0 Å². The summed E-state index contributed by atoms with van der Waals surface area (Å²) < 4.78 is 0. The van der Waals surface area contributed by atoms with E-state index >= 15 is 0 Å². The Morgan fingerprint density at radius 3 is 1.53 bits per heavy atom. The quantitative estimate of drug-likeness (QED) is 0.652. The van der Waals surface area contributed by atoms with Crippen molar-refractivity contribution in [3.63, 3.8) is 0 Å². The van der Waals surface area contributed by atoms with Gasteiger partial charge in [0, 0.05) is 12.8 Å². The van der Waals surface area contributed by atoms with Crippen LogP contribution < -0.4 is 0 Å². The van der Waals surface area contributed by atoms with Crippen LogP contribution in [0.25, 0.3) is 0 Å². The van der Waals surface area contributed by atoms with Crippen molar-refractivity contribution in [3.05, 3.63) is 0 Å². The third kappa shape index (κ3) is 4.76. The molecule has 0 aliphatic carbocycles. The lowest BCUT2D eigenvalue weighted by Gasteiger charge is -2.14. The van der Waals surface area contributed by atoms with E-state index in [4.69, 9.17) is 10.5 Å². The Labute approximate surface area is 91.9 Å². The molecule has 2 nitrogen and oxygen atoms in total. The van der Waals surface area contributed by atoms with Crippen molar-refractivity contribution < 1.29 is 0 Å². The average Bonchev–Trinajstić information content (AvgIpc) is 2.28. The van der Waals surface area contributed by atoms with E-state index in [1.54, 1.807) is 13.8 Å². The molecule has 0 bridgehead atoms. The number of rotatable bonds is 4.